The number of nitrogens with one attached hydrogen (secondary N) is 1. The maximum Gasteiger partial charge on any atom is 0.213 e. The molecule has 0 amide bonds. The molecular weight excluding hydrogens is 332 g/mol. The van der Waals surface area contributed by atoms with Crippen LogP contribution in [-0.2, 0) is 22.2 Å². The molecule has 0 aliphatic carbocycles. The molecule has 0 aliphatic heterocycles. The lowest BCUT2D eigenvalue weighted by atomic mass is 10.1. The fraction of sp³-hybridized carbons (Fsp3) is 0.200. The van der Waals surface area contributed by atoms with E-state index in [0.717, 1.165) is 34.6 Å². The number of nitrogens with two attached hydrogens (primary N) is 1. The highest BCUT2D eigenvalue weighted by atomic mass is 32.2. The average Bonchev–Trinajstić information content (AvgIpc) is 2.97. The van der Waals surface area contributed by atoms with Crippen molar-refractivity contribution in [1.82, 2.24) is 9.97 Å². The third-order valence-corrected chi connectivity index (χ3v) is 4.92. The lowest BCUT2D eigenvalue weighted by Gasteiger charge is -2.07. The predicted molar refractivity (Wildman–Crippen MR) is 92.9 cm³/mol. The Morgan fingerprint density at radius 3 is 2.57 bits per heavy atom. The molecule has 0 fully saturated rings. The lowest BCUT2D eigenvalue weighted by Crippen LogP contribution is -2.14. The summed E-state index contributed by atoms with van der Waals surface area (Å²) in [6.45, 7) is 0.733. The van der Waals surface area contributed by atoms with E-state index in [1.807, 2.05) is 23.6 Å². The first-order valence-corrected chi connectivity index (χ1v) is 9.61. The molecule has 23 heavy (non-hydrogen) atoms. The minimum atomic E-state index is -3.48. The van der Waals surface area contributed by atoms with Gasteiger partial charge in [-0.15, -0.1) is 11.3 Å². The molecule has 8 heteroatoms. The topological polar surface area (TPSA) is 98.0 Å². The molecule has 120 valence electrons. The molecule has 3 rings (SSSR count). The minimum absolute atomic E-state index is 0.136. The molecular formula is C15H16N4O2S2. The van der Waals surface area contributed by atoms with Crippen LogP contribution >= 0.6 is 11.3 Å². The summed E-state index contributed by atoms with van der Waals surface area (Å²) in [6, 6.07) is 9.43. The van der Waals surface area contributed by atoms with E-state index >= 15 is 0 Å². The molecule has 0 radical (unpaired) electrons. The van der Waals surface area contributed by atoms with Crippen LogP contribution in [0.5, 0.6) is 0 Å². The Bertz CT molecular complexity index is 905. The zero-order chi connectivity index (χ0) is 16.3. The van der Waals surface area contributed by atoms with Gasteiger partial charge in [-0.25, -0.2) is 23.5 Å². The summed E-state index contributed by atoms with van der Waals surface area (Å²) in [7, 11) is -3.48. The zero-order valence-electron chi connectivity index (χ0n) is 12.3. The van der Waals surface area contributed by atoms with Crippen molar-refractivity contribution in [2.24, 2.45) is 5.14 Å². The Balaban J connectivity index is 1.59. The first-order valence-electron chi connectivity index (χ1n) is 7.02. The number of benzene rings is 1. The molecule has 3 N–H and O–H groups in total. The number of thiophene rings is 1. The summed E-state index contributed by atoms with van der Waals surface area (Å²) in [5.74, 6) is 0.699. The quantitative estimate of drug-likeness (QED) is 0.711. The second-order valence-electron chi connectivity index (χ2n) is 5.16. The van der Waals surface area contributed by atoms with Crippen LogP contribution in [0.2, 0.25) is 0 Å². The van der Waals surface area contributed by atoms with Crippen LogP contribution in [0.4, 0.5) is 5.82 Å². The fourth-order valence-electron chi connectivity index (χ4n) is 2.29. The number of aromatic nitrogens is 2. The number of primary sulfonamides is 1. The van der Waals surface area contributed by atoms with Crippen LogP contribution < -0.4 is 10.5 Å². The van der Waals surface area contributed by atoms with E-state index in [2.05, 4.69) is 15.3 Å². The largest absolute Gasteiger partial charge is 0.369 e. The molecule has 3 aromatic rings. The highest BCUT2D eigenvalue weighted by Crippen LogP contribution is 2.23. The Morgan fingerprint density at radius 2 is 1.83 bits per heavy atom. The number of nitrogens with zero attached hydrogens (tertiary/aromatic N) is 2. The van der Waals surface area contributed by atoms with Crippen LogP contribution in [0.3, 0.4) is 0 Å². The van der Waals surface area contributed by atoms with Gasteiger partial charge in [-0.3, -0.25) is 0 Å². The number of rotatable bonds is 6. The van der Waals surface area contributed by atoms with E-state index in [1.54, 1.807) is 29.8 Å². The number of hydrogen-bond donors (Lipinski definition) is 2. The summed E-state index contributed by atoms with van der Waals surface area (Å²) in [5.41, 5.74) is 1.81. The van der Waals surface area contributed by atoms with Crippen molar-refractivity contribution in [3.63, 3.8) is 0 Å². The molecule has 0 spiro atoms. The van der Waals surface area contributed by atoms with Gasteiger partial charge in [0.05, 0.1) is 11.1 Å². The number of sulfonamides is 1. The van der Waals surface area contributed by atoms with Crippen molar-refractivity contribution in [2.75, 3.05) is 11.9 Å². The second-order valence-corrected chi connectivity index (χ2v) is 7.67. The zero-order valence-corrected chi connectivity index (χ0v) is 13.9. The van der Waals surface area contributed by atoms with Crippen molar-refractivity contribution < 1.29 is 8.42 Å². The summed E-state index contributed by atoms with van der Waals surface area (Å²) >= 11 is 1.59. The molecule has 0 bridgehead atoms. The second kappa shape index (κ2) is 6.61. The van der Waals surface area contributed by atoms with E-state index in [1.165, 1.54) is 0 Å². The highest BCUT2D eigenvalue weighted by Gasteiger charge is 2.06. The van der Waals surface area contributed by atoms with E-state index in [9.17, 15) is 8.42 Å². The predicted octanol–water partition coefficient (Wildman–Crippen LogP) is 2.13. The highest BCUT2D eigenvalue weighted by molar-refractivity contribution is 7.88. The number of fused-ring (bicyclic) bond motifs is 1. The van der Waals surface area contributed by atoms with Crippen molar-refractivity contribution >= 4 is 37.4 Å². The summed E-state index contributed by atoms with van der Waals surface area (Å²) in [6.07, 6.45) is 2.37. The SMILES string of the molecule is NS(=O)(=O)Cc1ccc(CCNc2ncnc3sccc23)cc1. The van der Waals surface area contributed by atoms with Gasteiger partial charge >= 0.3 is 0 Å². The van der Waals surface area contributed by atoms with Crippen molar-refractivity contribution in [1.29, 1.82) is 0 Å². The van der Waals surface area contributed by atoms with Gasteiger partial charge in [0.25, 0.3) is 0 Å². The van der Waals surface area contributed by atoms with Gasteiger partial charge in [-0.05, 0) is 29.0 Å². The van der Waals surface area contributed by atoms with Gasteiger partial charge in [0, 0.05) is 6.54 Å². The molecule has 6 nitrogen and oxygen atoms in total. The normalized spacial score (nSPS) is 11.7. The van der Waals surface area contributed by atoms with Crippen molar-refractivity contribution in [3.8, 4) is 0 Å². The van der Waals surface area contributed by atoms with Crippen LogP contribution in [-0.4, -0.2) is 24.9 Å². The minimum Gasteiger partial charge on any atom is -0.369 e. The first kappa shape index (κ1) is 15.9. The molecule has 0 saturated carbocycles. The number of hydrogen-bond acceptors (Lipinski definition) is 6. The van der Waals surface area contributed by atoms with E-state index in [4.69, 9.17) is 5.14 Å². The molecule has 0 aliphatic rings. The van der Waals surface area contributed by atoms with E-state index in [0.29, 0.717) is 5.56 Å². The molecule has 2 aromatic heterocycles. The van der Waals surface area contributed by atoms with Gasteiger partial charge in [0.15, 0.2) is 0 Å². The maximum absolute atomic E-state index is 11.1. The van der Waals surface area contributed by atoms with Crippen LogP contribution in [0.15, 0.2) is 42.0 Å². The van der Waals surface area contributed by atoms with Gasteiger partial charge in [0.1, 0.15) is 17.0 Å². The smallest absolute Gasteiger partial charge is 0.213 e. The van der Waals surface area contributed by atoms with E-state index < -0.39 is 10.0 Å². The lowest BCUT2D eigenvalue weighted by molar-refractivity contribution is 0.597. The molecule has 1 aromatic carbocycles. The Morgan fingerprint density at radius 1 is 1.09 bits per heavy atom. The third kappa shape index (κ3) is 4.25. The first-order chi connectivity index (χ1) is 11.0. The average molecular weight is 348 g/mol. The van der Waals surface area contributed by atoms with Gasteiger partial charge < -0.3 is 5.32 Å². The van der Waals surface area contributed by atoms with Crippen LogP contribution in [0.1, 0.15) is 11.1 Å². The molecule has 0 saturated heterocycles. The van der Waals surface area contributed by atoms with Crippen molar-refractivity contribution in [2.45, 2.75) is 12.2 Å². The third-order valence-electron chi connectivity index (χ3n) is 3.36. The van der Waals surface area contributed by atoms with Gasteiger partial charge in [0.2, 0.25) is 10.0 Å². The monoisotopic (exact) mass is 348 g/mol. The number of anilines is 1. The molecule has 0 atom stereocenters. The van der Waals surface area contributed by atoms with Crippen LogP contribution in [0.25, 0.3) is 10.2 Å². The Hall–Kier alpha value is -2.03. The molecule has 0 unspecified atom stereocenters. The van der Waals surface area contributed by atoms with Crippen molar-refractivity contribution in [3.05, 3.63) is 53.2 Å². The molecule has 2 heterocycles. The summed E-state index contributed by atoms with van der Waals surface area (Å²) in [5, 5.41) is 11.4. The van der Waals surface area contributed by atoms with Gasteiger partial charge in [-0.1, -0.05) is 24.3 Å². The summed E-state index contributed by atoms with van der Waals surface area (Å²) < 4.78 is 22.1. The standard InChI is InChI=1S/C15H16N4O2S2/c16-23(20,21)9-12-3-1-11(2-4-12)5-7-17-14-13-6-8-22-15(13)19-10-18-14/h1-4,6,8,10H,5,7,9H2,(H2,16,20,21)(H,17,18,19). The Labute approximate surface area is 138 Å². The maximum atomic E-state index is 11.1. The summed E-state index contributed by atoms with van der Waals surface area (Å²) in [4.78, 5) is 9.45. The van der Waals surface area contributed by atoms with E-state index in [-0.39, 0.29) is 5.75 Å². The van der Waals surface area contributed by atoms with Crippen LogP contribution in [0, 0.1) is 0 Å². The van der Waals surface area contributed by atoms with Gasteiger partial charge in [-0.2, -0.15) is 0 Å². The fourth-order valence-corrected chi connectivity index (χ4v) is 3.68. The Kier molecular flexibility index (Phi) is 4.56.